The minimum atomic E-state index is -1.09. The van der Waals surface area contributed by atoms with Crippen LogP contribution in [0.1, 0.15) is 63.7 Å². The predicted octanol–water partition coefficient (Wildman–Crippen LogP) is 4.51. The fraction of sp³-hybridized carbons (Fsp3) is 0.333. The lowest BCUT2D eigenvalue weighted by molar-refractivity contribution is -0.145. The van der Waals surface area contributed by atoms with Gasteiger partial charge >= 0.3 is 5.97 Å². The Hall–Kier alpha value is -4.66. The molecule has 3 aromatic rings. The Bertz CT molecular complexity index is 1530. The Morgan fingerprint density at radius 1 is 1.07 bits per heavy atom. The maximum absolute atomic E-state index is 13.5. The number of ketones is 1. The lowest BCUT2D eigenvalue weighted by atomic mass is 9.85. The number of nitrogens with one attached hydrogen (secondary N) is 2. The molecule has 0 saturated carbocycles. The molecule has 0 saturated heterocycles. The molecular formula is C33H38N4O5. The SMILES string of the molecule is CNC(=O)c1cc2c(cc1N(C)C)CN(CC(=O)c1ccc(OC(Cc3ccccc3)C(=O)O)c(C(C)(C)C)c1)C2=N. The largest absolute Gasteiger partial charge is 0.478 e. The summed E-state index contributed by atoms with van der Waals surface area (Å²) in [5, 5.41) is 21.3. The molecule has 1 amide bonds. The zero-order valence-corrected chi connectivity index (χ0v) is 24.9. The van der Waals surface area contributed by atoms with Gasteiger partial charge in [0.25, 0.3) is 5.91 Å². The van der Waals surface area contributed by atoms with Crippen molar-refractivity contribution in [3.8, 4) is 5.75 Å². The van der Waals surface area contributed by atoms with Crippen LogP contribution in [-0.2, 0) is 23.2 Å². The molecule has 1 atom stereocenters. The molecule has 220 valence electrons. The number of carboxylic acids is 1. The van der Waals surface area contributed by atoms with Crippen LogP contribution >= 0.6 is 0 Å². The number of hydrogen-bond acceptors (Lipinski definition) is 6. The minimum Gasteiger partial charge on any atom is -0.478 e. The molecule has 9 heteroatoms. The summed E-state index contributed by atoms with van der Waals surface area (Å²) in [6.07, 6.45) is -0.889. The quantitative estimate of drug-likeness (QED) is 0.307. The third kappa shape index (κ3) is 6.46. The van der Waals surface area contributed by atoms with Crippen molar-refractivity contribution < 1.29 is 24.2 Å². The third-order valence-corrected chi connectivity index (χ3v) is 7.36. The van der Waals surface area contributed by atoms with Crippen LogP contribution in [0.5, 0.6) is 5.75 Å². The number of benzene rings is 3. The zero-order valence-electron chi connectivity index (χ0n) is 24.9. The van der Waals surface area contributed by atoms with Gasteiger partial charge in [-0.2, -0.15) is 0 Å². The molecule has 1 aliphatic rings. The van der Waals surface area contributed by atoms with Crippen LogP contribution in [-0.4, -0.2) is 67.3 Å². The van der Waals surface area contributed by atoms with Gasteiger partial charge in [-0.1, -0.05) is 51.1 Å². The van der Waals surface area contributed by atoms with Gasteiger partial charge in [0.2, 0.25) is 0 Å². The molecule has 0 fully saturated rings. The van der Waals surface area contributed by atoms with E-state index < -0.39 is 17.5 Å². The van der Waals surface area contributed by atoms with Crippen LogP contribution in [0.3, 0.4) is 0 Å². The number of carboxylic acid groups (broad SMARTS) is 1. The van der Waals surface area contributed by atoms with Crippen LogP contribution < -0.4 is 15.0 Å². The minimum absolute atomic E-state index is 0.0182. The van der Waals surface area contributed by atoms with Crippen LogP contribution in [0, 0.1) is 5.41 Å². The van der Waals surface area contributed by atoms with Gasteiger partial charge in [-0.15, -0.1) is 0 Å². The molecule has 42 heavy (non-hydrogen) atoms. The monoisotopic (exact) mass is 570 g/mol. The molecule has 3 N–H and O–H groups in total. The maximum atomic E-state index is 13.5. The van der Waals surface area contributed by atoms with Gasteiger partial charge in [-0.05, 0) is 46.9 Å². The van der Waals surface area contributed by atoms with Crippen molar-refractivity contribution >= 4 is 29.2 Å². The first-order valence-corrected chi connectivity index (χ1v) is 13.8. The van der Waals surface area contributed by atoms with Gasteiger partial charge < -0.3 is 25.0 Å². The number of carbonyl (C=O) groups excluding carboxylic acids is 2. The van der Waals surface area contributed by atoms with Crippen LogP contribution in [0.15, 0.2) is 60.7 Å². The summed E-state index contributed by atoms with van der Waals surface area (Å²) in [7, 11) is 5.28. The maximum Gasteiger partial charge on any atom is 0.345 e. The molecule has 1 unspecified atom stereocenters. The Labute approximate surface area is 246 Å². The van der Waals surface area contributed by atoms with Crippen LogP contribution in [0.2, 0.25) is 0 Å². The third-order valence-electron chi connectivity index (χ3n) is 7.36. The van der Waals surface area contributed by atoms with E-state index >= 15 is 0 Å². The first-order chi connectivity index (χ1) is 19.8. The molecule has 0 bridgehead atoms. The first kappa shape index (κ1) is 30.3. The lowest BCUT2D eigenvalue weighted by Gasteiger charge is -2.26. The van der Waals surface area contributed by atoms with Crippen LogP contribution in [0.4, 0.5) is 5.69 Å². The summed E-state index contributed by atoms with van der Waals surface area (Å²) in [6, 6.07) is 18.0. The lowest BCUT2D eigenvalue weighted by Crippen LogP contribution is -2.31. The number of amides is 1. The predicted molar refractivity (Wildman–Crippen MR) is 163 cm³/mol. The van der Waals surface area contributed by atoms with Crippen molar-refractivity contribution in [2.75, 3.05) is 32.6 Å². The smallest absolute Gasteiger partial charge is 0.345 e. The Morgan fingerprint density at radius 2 is 1.76 bits per heavy atom. The summed E-state index contributed by atoms with van der Waals surface area (Å²) in [5.74, 6) is -0.877. The highest BCUT2D eigenvalue weighted by molar-refractivity contribution is 6.08. The van der Waals surface area contributed by atoms with E-state index in [4.69, 9.17) is 10.1 Å². The number of aliphatic carboxylic acids is 1. The van der Waals surface area contributed by atoms with E-state index in [-0.39, 0.29) is 30.5 Å². The van der Waals surface area contributed by atoms with Crippen molar-refractivity contribution in [2.24, 2.45) is 0 Å². The average Bonchev–Trinajstić information content (AvgIpc) is 3.25. The molecule has 9 nitrogen and oxygen atoms in total. The van der Waals surface area contributed by atoms with E-state index in [1.54, 1.807) is 36.2 Å². The second-order valence-corrected chi connectivity index (χ2v) is 11.7. The number of anilines is 1. The highest BCUT2D eigenvalue weighted by atomic mass is 16.5. The number of ether oxygens (including phenoxy) is 1. The summed E-state index contributed by atoms with van der Waals surface area (Å²) in [6.45, 7) is 6.30. The second kappa shape index (κ2) is 12.1. The van der Waals surface area contributed by atoms with E-state index in [1.165, 1.54) is 0 Å². The molecule has 1 aliphatic heterocycles. The fourth-order valence-electron chi connectivity index (χ4n) is 5.08. The van der Waals surface area contributed by atoms with Crippen molar-refractivity contribution in [3.63, 3.8) is 0 Å². The Kier molecular flexibility index (Phi) is 8.70. The fourth-order valence-corrected chi connectivity index (χ4v) is 5.08. The van der Waals surface area contributed by atoms with Gasteiger partial charge in [0, 0.05) is 56.5 Å². The summed E-state index contributed by atoms with van der Waals surface area (Å²) < 4.78 is 6.04. The molecule has 0 aromatic heterocycles. The van der Waals surface area contributed by atoms with E-state index in [0.29, 0.717) is 29.0 Å². The van der Waals surface area contributed by atoms with Crippen molar-refractivity contribution in [1.82, 2.24) is 10.2 Å². The van der Waals surface area contributed by atoms with E-state index in [9.17, 15) is 19.5 Å². The van der Waals surface area contributed by atoms with Crippen molar-refractivity contribution in [1.29, 1.82) is 5.41 Å². The Balaban J connectivity index is 1.57. The number of rotatable bonds is 10. The average molecular weight is 571 g/mol. The topological polar surface area (TPSA) is 123 Å². The molecule has 0 radical (unpaired) electrons. The van der Waals surface area contributed by atoms with Crippen LogP contribution in [0.25, 0.3) is 0 Å². The number of hydrogen-bond donors (Lipinski definition) is 3. The molecule has 0 spiro atoms. The highest BCUT2D eigenvalue weighted by Gasteiger charge is 2.30. The molecular weight excluding hydrogens is 532 g/mol. The van der Waals surface area contributed by atoms with Gasteiger partial charge in [-0.25, -0.2) is 4.79 Å². The first-order valence-electron chi connectivity index (χ1n) is 13.8. The van der Waals surface area contributed by atoms with Gasteiger partial charge in [0.15, 0.2) is 11.9 Å². The molecule has 3 aromatic carbocycles. The second-order valence-electron chi connectivity index (χ2n) is 11.7. The number of fused-ring (bicyclic) bond motifs is 1. The standard InChI is InChI=1S/C33H38N4O5/c1-33(2,3)25-15-21(12-13-28(25)42-29(32(40)41)14-20-10-8-7-9-11-20)27(38)19-37-18-22-16-26(36(5)6)24(31(39)35-4)17-23(22)30(37)34/h7-13,15-17,29,34H,14,18-19H2,1-6H3,(H,35,39)(H,40,41). The van der Waals surface area contributed by atoms with Crippen molar-refractivity contribution in [3.05, 3.63) is 94.0 Å². The molecule has 0 aliphatic carbocycles. The van der Waals surface area contributed by atoms with Crippen molar-refractivity contribution in [2.45, 2.75) is 45.3 Å². The number of Topliss-reactive ketones (excluding diaryl/α,β-unsaturated/α-hetero) is 1. The number of amidine groups is 1. The highest BCUT2D eigenvalue weighted by Crippen LogP contribution is 2.34. The van der Waals surface area contributed by atoms with Gasteiger partial charge in [-0.3, -0.25) is 15.0 Å². The van der Waals surface area contributed by atoms with E-state index in [1.807, 2.05) is 76.2 Å². The summed E-state index contributed by atoms with van der Waals surface area (Å²) in [4.78, 5) is 41.6. The molecule has 1 heterocycles. The number of carbonyl (C=O) groups is 3. The van der Waals surface area contributed by atoms with E-state index in [0.717, 1.165) is 22.4 Å². The van der Waals surface area contributed by atoms with Gasteiger partial charge in [0.05, 0.1) is 12.1 Å². The Morgan fingerprint density at radius 3 is 2.36 bits per heavy atom. The number of nitrogens with zero attached hydrogens (tertiary/aromatic N) is 2. The zero-order chi connectivity index (χ0) is 30.8. The summed E-state index contributed by atoms with van der Waals surface area (Å²) >= 11 is 0. The normalized spacial score (nSPS) is 13.4. The summed E-state index contributed by atoms with van der Waals surface area (Å²) in [5.41, 5.74) is 4.30. The van der Waals surface area contributed by atoms with E-state index in [2.05, 4.69) is 5.32 Å². The van der Waals surface area contributed by atoms with Gasteiger partial charge in [0.1, 0.15) is 11.6 Å². The molecule has 4 rings (SSSR count).